The fraction of sp³-hybridized carbons (Fsp3) is 0.231. The van der Waals surface area contributed by atoms with E-state index in [1.54, 1.807) is 17.2 Å². The van der Waals surface area contributed by atoms with Crippen LogP contribution in [-0.2, 0) is 13.1 Å². The van der Waals surface area contributed by atoms with Gasteiger partial charge in [-0.15, -0.1) is 0 Å². The summed E-state index contributed by atoms with van der Waals surface area (Å²) in [5.74, 6) is 0.632. The van der Waals surface area contributed by atoms with Crippen LogP contribution in [0.1, 0.15) is 16.2 Å². The number of fused-ring (bicyclic) bond motifs is 1. The lowest BCUT2D eigenvalue weighted by Gasteiger charge is -2.28. The van der Waals surface area contributed by atoms with E-state index >= 15 is 0 Å². The van der Waals surface area contributed by atoms with Crippen LogP contribution in [0.15, 0.2) is 30.6 Å². The number of amides is 1. The average Bonchev–Trinajstić information content (AvgIpc) is 2.94. The fourth-order valence-electron chi connectivity index (χ4n) is 2.31. The first-order valence-corrected chi connectivity index (χ1v) is 7.37. The number of nitro benzene ring substituents is 1. The molecule has 21 heavy (non-hydrogen) atoms. The predicted octanol–water partition coefficient (Wildman–Crippen LogP) is 2.05. The van der Waals surface area contributed by atoms with Crippen LogP contribution in [0.2, 0.25) is 0 Å². The van der Waals surface area contributed by atoms with Gasteiger partial charge in [0.2, 0.25) is 0 Å². The van der Waals surface area contributed by atoms with E-state index < -0.39 is 4.92 Å². The van der Waals surface area contributed by atoms with Gasteiger partial charge in [-0.05, 0) is 28.7 Å². The highest BCUT2D eigenvalue weighted by Crippen LogP contribution is 2.22. The van der Waals surface area contributed by atoms with Crippen molar-refractivity contribution in [2.75, 3.05) is 6.54 Å². The third-order valence-electron chi connectivity index (χ3n) is 3.42. The van der Waals surface area contributed by atoms with Crippen molar-refractivity contribution in [1.29, 1.82) is 0 Å². The summed E-state index contributed by atoms with van der Waals surface area (Å²) in [6.07, 6.45) is 3.59. The molecule has 0 radical (unpaired) electrons. The zero-order valence-corrected chi connectivity index (χ0v) is 13.1. The number of rotatable bonds is 2. The van der Waals surface area contributed by atoms with Gasteiger partial charge in [-0.3, -0.25) is 14.9 Å². The van der Waals surface area contributed by atoms with Crippen LogP contribution < -0.4 is 0 Å². The number of nitrogens with zero attached hydrogens (tertiary/aromatic N) is 4. The molecule has 1 aliphatic heterocycles. The van der Waals surface area contributed by atoms with Gasteiger partial charge in [-0.1, -0.05) is 0 Å². The quantitative estimate of drug-likeness (QED) is 0.441. The number of imidazole rings is 1. The molecule has 0 aliphatic carbocycles. The zero-order valence-electron chi connectivity index (χ0n) is 10.9. The van der Waals surface area contributed by atoms with Crippen LogP contribution in [0.4, 0.5) is 5.69 Å². The maximum atomic E-state index is 12.6. The van der Waals surface area contributed by atoms with E-state index in [-0.39, 0.29) is 11.6 Å². The van der Waals surface area contributed by atoms with Crippen LogP contribution in [-0.4, -0.2) is 31.8 Å². The second-order valence-corrected chi connectivity index (χ2v) is 5.85. The Bertz CT molecular complexity index is 728. The second kappa shape index (κ2) is 5.43. The Morgan fingerprint density at radius 3 is 2.95 bits per heavy atom. The standard InChI is InChI=1S/C13H11IN4O3/c14-11-2-1-9(18(20)21)7-10(11)13(19)17-6-5-16-4-3-15-12(16)8-17/h1-4,7H,5-6,8H2. The number of aromatic nitrogens is 2. The molecular formula is C13H11IN4O3. The SMILES string of the molecule is O=C(c1cc([N+](=O)[O-])ccc1I)N1CCn2ccnc2C1. The third kappa shape index (κ3) is 2.62. The second-order valence-electron chi connectivity index (χ2n) is 4.68. The van der Waals surface area contributed by atoms with Crippen LogP contribution in [0.25, 0.3) is 0 Å². The summed E-state index contributed by atoms with van der Waals surface area (Å²) in [6, 6.07) is 4.34. The summed E-state index contributed by atoms with van der Waals surface area (Å²) < 4.78 is 2.71. The Morgan fingerprint density at radius 1 is 1.38 bits per heavy atom. The Balaban J connectivity index is 1.89. The first kappa shape index (κ1) is 14.0. The number of hydrogen-bond donors (Lipinski definition) is 0. The number of benzene rings is 1. The van der Waals surface area contributed by atoms with Gasteiger partial charge < -0.3 is 9.47 Å². The molecule has 1 aliphatic rings. The minimum atomic E-state index is -0.490. The molecule has 2 aromatic rings. The van der Waals surface area contributed by atoms with Crippen molar-refractivity contribution in [1.82, 2.24) is 14.5 Å². The molecule has 0 unspecified atom stereocenters. The summed E-state index contributed by atoms with van der Waals surface area (Å²) in [4.78, 5) is 28.8. The molecule has 0 spiro atoms. The molecule has 2 heterocycles. The number of carbonyl (C=O) groups is 1. The van der Waals surface area contributed by atoms with Gasteiger partial charge in [0.25, 0.3) is 11.6 Å². The van der Waals surface area contributed by atoms with Gasteiger partial charge in [0.15, 0.2) is 0 Å². The molecular weight excluding hydrogens is 387 g/mol. The summed E-state index contributed by atoms with van der Waals surface area (Å²) in [7, 11) is 0. The Kier molecular flexibility index (Phi) is 3.62. The summed E-state index contributed by atoms with van der Waals surface area (Å²) in [5, 5.41) is 10.9. The summed E-state index contributed by atoms with van der Waals surface area (Å²) in [6.45, 7) is 1.68. The van der Waals surface area contributed by atoms with E-state index in [9.17, 15) is 14.9 Å². The molecule has 0 N–H and O–H groups in total. The minimum Gasteiger partial charge on any atom is -0.332 e. The van der Waals surface area contributed by atoms with Crippen molar-refractivity contribution >= 4 is 34.2 Å². The molecule has 0 saturated carbocycles. The molecule has 108 valence electrons. The van der Waals surface area contributed by atoms with E-state index in [2.05, 4.69) is 4.98 Å². The van der Waals surface area contributed by atoms with Gasteiger partial charge in [0.05, 0.1) is 17.0 Å². The largest absolute Gasteiger partial charge is 0.332 e. The number of nitro groups is 1. The molecule has 3 rings (SSSR count). The highest BCUT2D eigenvalue weighted by atomic mass is 127. The van der Waals surface area contributed by atoms with E-state index in [1.807, 2.05) is 33.4 Å². The minimum absolute atomic E-state index is 0.0720. The van der Waals surface area contributed by atoms with Crippen molar-refractivity contribution in [2.24, 2.45) is 0 Å². The first-order valence-electron chi connectivity index (χ1n) is 6.29. The monoisotopic (exact) mass is 398 g/mol. The van der Waals surface area contributed by atoms with E-state index in [4.69, 9.17) is 0 Å². The lowest BCUT2D eigenvalue weighted by Crippen LogP contribution is -2.38. The summed E-state index contributed by atoms with van der Waals surface area (Å²) in [5.41, 5.74) is 0.294. The molecule has 8 heteroatoms. The molecule has 1 aromatic carbocycles. The number of hydrogen-bond acceptors (Lipinski definition) is 4. The average molecular weight is 398 g/mol. The van der Waals surface area contributed by atoms with Gasteiger partial charge in [0, 0.05) is 41.2 Å². The zero-order chi connectivity index (χ0) is 15.0. The maximum Gasteiger partial charge on any atom is 0.270 e. The lowest BCUT2D eigenvalue weighted by molar-refractivity contribution is -0.384. The van der Waals surface area contributed by atoms with Crippen LogP contribution in [0, 0.1) is 13.7 Å². The van der Waals surface area contributed by atoms with Gasteiger partial charge in [-0.2, -0.15) is 0 Å². The Labute approximate surface area is 133 Å². The Hall–Kier alpha value is -1.97. The third-order valence-corrected chi connectivity index (χ3v) is 4.36. The number of non-ortho nitro benzene ring substituents is 1. The fourth-order valence-corrected chi connectivity index (χ4v) is 2.87. The molecule has 0 saturated heterocycles. The van der Waals surface area contributed by atoms with Gasteiger partial charge in [0.1, 0.15) is 5.82 Å². The van der Waals surface area contributed by atoms with Gasteiger partial charge in [-0.25, -0.2) is 4.98 Å². The van der Waals surface area contributed by atoms with Crippen LogP contribution >= 0.6 is 22.6 Å². The van der Waals surface area contributed by atoms with Crippen LogP contribution in [0.5, 0.6) is 0 Å². The lowest BCUT2D eigenvalue weighted by atomic mass is 10.1. The number of halogens is 1. The van der Waals surface area contributed by atoms with Crippen molar-refractivity contribution in [3.8, 4) is 0 Å². The first-order chi connectivity index (χ1) is 10.1. The molecule has 0 bridgehead atoms. The van der Waals surface area contributed by atoms with Gasteiger partial charge >= 0.3 is 0 Å². The van der Waals surface area contributed by atoms with Crippen LogP contribution in [0.3, 0.4) is 0 Å². The predicted molar refractivity (Wildman–Crippen MR) is 82.8 cm³/mol. The van der Waals surface area contributed by atoms with E-state index in [1.165, 1.54) is 12.1 Å². The topological polar surface area (TPSA) is 81.3 Å². The smallest absolute Gasteiger partial charge is 0.270 e. The highest BCUT2D eigenvalue weighted by molar-refractivity contribution is 14.1. The normalized spacial score (nSPS) is 13.9. The van der Waals surface area contributed by atoms with Crippen molar-refractivity contribution in [3.63, 3.8) is 0 Å². The highest BCUT2D eigenvalue weighted by Gasteiger charge is 2.25. The molecule has 1 aromatic heterocycles. The summed E-state index contributed by atoms with van der Waals surface area (Å²) >= 11 is 2.02. The molecule has 1 amide bonds. The van der Waals surface area contributed by atoms with E-state index in [0.717, 1.165) is 5.82 Å². The Morgan fingerprint density at radius 2 is 2.19 bits per heavy atom. The molecule has 7 nitrogen and oxygen atoms in total. The van der Waals surface area contributed by atoms with Crippen molar-refractivity contribution in [2.45, 2.75) is 13.1 Å². The molecule has 0 atom stereocenters. The van der Waals surface area contributed by atoms with E-state index in [0.29, 0.717) is 28.8 Å². The number of carbonyl (C=O) groups excluding carboxylic acids is 1. The van der Waals surface area contributed by atoms with Crippen molar-refractivity contribution < 1.29 is 9.72 Å². The molecule has 0 fully saturated rings. The van der Waals surface area contributed by atoms with Crippen molar-refractivity contribution in [3.05, 3.63) is 55.7 Å². The maximum absolute atomic E-state index is 12.6.